The van der Waals surface area contributed by atoms with Crippen LogP contribution in [-0.2, 0) is 4.79 Å². The molecule has 90 valence electrons. The summed E-state index contributed by atoms with van der Waals surface area (Å²) in [6, 6.07) is 3.41. The van der Waals surface area contributed by atoms with Gasteiger partial charge in [0.1, 0.15) is 11.8 Å². The van der Waals surface area contributed by atoms with Crippen LogP contribution in [0.4, 0.5) is 5.95 Å². The van der Waals surface area contributed by atoms with Crippen molar-refractivity contribution in [2.24, 2.45) is 5.92 Å². The van der Waals surface area contributed by atoms with Gasteiger partial charge in [0, 0.05) is 12.7 Å². The number of rotatable bonds is 5. The van der Waals surface area contributed by atoms with Crippen LogP contribution in [0.1, 0.15) is 19.5 Å². The predicted molar refractivity (Wildman–Crippen MR) is 63.1 cm³/mol. The quantitative estimate of drug-likeness (QED) is 0.774. The van der Waals surface area contributed by atoms with E-state index >= 15 is 0 Å². The van der Waals surface area contributed by atoms with Gasteiger partial charge < -0.3 is 10.6 Å². The average molecular weight is 233 g/mol. The van der Waals surface area contributed by atoms with E-state index in [0.29, 0.717) is 12.5 Å². The molecule has 0 aliphatic carbocycles. The van der Waals surface area contributed by atoms with Gasteiger partial charge in [0.05, 0.1) is 6.54 Å². The fourth-order valence-corrected chi connectivity index (χ4v) is 1.05. The number of nitrogens with zero attached hydrogens (tertiary/aromatic N) is 3. The van der Waals surface area contributed by atoms with Gasteiger partial charge in [-0.15, -0.1) is 0 Å². The first-order valence-electron chi connectivity index (χ1n) is 5.35. The molecular weight excluding hydrogens is 218 g/mol. The number of amides is 1. The van der Waals surface area contributed by atoms with Gasteiger partial charge in [-0.05, 0) is 12.0 Å². The van der Waals surface area contributed by atoms with Crippen molar-refractivity contribution in [2.75, 3.05) is 18.4 Å². The van der Waals surface area contributed by atoms with E-state index in [4.69, 9.17) is 5.26 Å². The van der Waals surface area contributed by atoms with Crippen LogP contribution >= 0.6 is 0 Å². The number of hydrogen-bond donors (Lipinski definition) is 2. The number of carbonyl (C=O) groups excluding carboxylic acids is 1. The summed E-state index contributed by atoms with van der Waals surface area (Å²) < 4.78 is 0. The van der Waals surface area contributed by atoms with Crippen molar-refractivity contribution < 1.29 is 4.79 Å². The van der Waals surface area contributed by atoms with Crippen LogP contribution in [0.15, 0.2) is 12.3 Å². The summed E-state index contributed by atoms with van der Waals surface area (Å²) in [6.07, 6.45) is 1.47. The van der Waals surface area contributed by atoms with Crippen LogP contribution in [0.2, 0.25) is 0 Å². The van der Waals surface area contributed by atoms with E-state index in [2.05, 4.69) is 20.6 Å². The maximum Gasteiger partial charge on any atom is 0.239 e. The van der Waals surface area contributed by atoms with Crippen molar-refractivity contribution in [2.45, 2.75) is 13.8 Å². The second-order valence-corrected chi connectivity index (χ2v) is 3.93. The highest BCUT2D eigenvalue weighted by atomic mass is 16.1. The Kier molecular flexibility index (Phi) is 4.88. The Morgan fingerprint density at radius 1 is 1.59 bits per heavy atom. The highest BCUT2D eigenvalue weighted by molar-refractivity contribution is 5.80. The molecule has 0 fully saturated rings. The minimum atomic E-state index is -0.121. The number of nitrogens with one attached hydrogen (secondary N) is 2. The third-order valence-electron chi connectivity index (χ3n) is 1.88. The molecule has 0 saturated heterocycles. The molecule has 0 unspecified atom stereocenters. The zero-order valence-corrected chi connectivity index (χ0v) is 9.90. The van der Waals surface area contributed by atoms with Gasteiger partial charge in [0.15, 0.2) is 0 Å². The smallest absolute Gasteiger partial charge is 0.239 e. The molecule has 2 N–H and O–H groups in total. The van der Waals surface area contributed by atoms with Crippen LogP contribution in [0, 0.1) is 17.2 Å². The molecule has 0 bridgehead atoms. The van der Waals surface area contributed by atoms with Crippen LogP contribution < -0.4 is 10.6 Å². The Balaban J connectivity index is 2.40. The highest BCUT2D eigenvalue weighted by Crippen LogP contribution is 1.98. The molecule has 0 saturated carbocycles. The summed E-state index contributed by atoms with van der Waals surface area (Å²) in [5.74, 6) is 0.575. The molecule has 1 amide bonds. The third-order valence-corrected chi connectivity index (χ3v) is 1.88. The molecule has 0 aromatic carbocycles. The molecule has 0 spiro atoms. The van der Waals surface area contributed by atoms with Crippen LogP contribution in [0.25, 0.3) is 0 Å². The highest BCUT2D eigenvalue weighted by Gasteiger charge is 2.03. The van der Waals surface area contributed by atoms with Crippen molar-refractivity contribution in [1.29, 1.82) is 5.26 Å². The van der Waals surface area contributed by atoms with Gasteiger partial charge in [0.25, 0.3) is 0 Å². The molecule has 1 aromatic rings. The van der Waals surface area contributed by atoms with Crippen molar-refractivity contribution in [3.8, 4) is 6.07 Å². The summed E-state index contributed by atoms with van der Waals surface area (Å²) in [6.45, 7) is 4.78. The van der Waals surface area contributed by atoms with E-state index in [1.807, 2.05) is 19.9 Å². The second-order valence-electron chi connectivity index (χ2n) is 3.93. The summed E-state index contributed by atoms with van der Waals surface area (Å²) in [5.41, 5.74) is 0.269. The molecule has 6 heteroatoms. The van der Waals surface area contributed by atoms with Gasteiger partial charge in [0.2, 0.25) is 11.9 Å². The fourth-order valence-electron chi connectivity index (χ4n) is 1.05. The molecule has 0 aliphatic heterocycles. The van der Waals surface area contributed by atoms with Crippen molar-refractivity contribution in [3.05, 3.63) is 18.0 Å². The molecular formula is C11H15N5O. The Bertz CT molecular complexity index is 424. The maximum atomic E-state index is 11.4. The Labute approximate surface area is 100 Å². The maximum absolute atomic E-state index is 11.4. The first kappa shape index (κ1) is 12.9. The molecule has 0 atom stereocenters. The molecule has 0 aliphatic rings. The monoisotopic (exact) mass is 233 g/mol. The lowest BCUT2D eigenvalue weighted by molar-refractivity contribution is -0.119. The third kappa shape index (κ3) is 4.93. The lowest BCUT2D eigenvalue weighted by Gasteiger charge is -2.08. The Hall–Kier alpha value is -2.16. The molecule has 0 radical (unpaired) electrons. The van der Waals surface area contributed by atoms with E-state index in [1.54, 1.807) is 0 Å². The standard InChI is InChI=1S/C11H15N5O/c1-8(2)6-14-10(17)7-15-11-13-4-3-9(5-12)16-11/h3-4,8H,6-7H2,1-2H3,(H,14,17)(H,13,15,16). The topological polar surface area (TPSA) is 90.7 Å². The summed E-state index contributed by atoms with van der Waals surface area (Å²) in [5, 5.41) is 14.2. The van der Waals surface area contributed by atoms with Crippen molar-refractivity contribution in [1.82, 2.24) is 15.3 Å². The lowest BCUT2D eigenvalue weighted by atomic mass is 10.2. The van der Waals surface area contributed by atoms with Gasteiger partial charge in [-0.1, -0.05) is 13.8 Å². The second kappa shape index (κ2) is 6.43. The van der Waals surface area contributed by atoms with Gasteiger partial charge in [-0.3, -0.25) is 4.79 Å². The van der Waals surface area contributed by atoms with Gasteiger partial charge in [-0.2, -0.15) is 5.26 Å². The lowest BCUT2D eigenvalue weighted by Crippen LogP contribution is -2.32. The van der Waals surface area contributed by atoms with E-state index < -0.39 is 0 Å². The van der Waals surface area contributed by atoms with Crippen molar-refractivity contribution >= 4 is 11.9 Å². The summed E-state index contributed by atoms with van der Waals surface area (Å²) in [7, 11) is 0. The van der Waals surface area contributed by atoms with E-state index in [1.165, 1.54) is 12.3 Å². The molecule has 6 nitrogen and oxygen atoms in total. The van der Waals surface area contributed by atoms with Crippen LogP contribution in [0.3, 0.4) is 0 Å². The number of anilines is 1. The number of nitriles is 1. The number of aromatic nitrogens is 2. The minimum absolute atomic E-state index is 0.0988. The largest absolute Gasteiger partial charge is 0.354 e. The first-order valence-corrected chi connectivity index (χ1v) is 5.35. The number of hydrogen-bond acceptors (Lipinski definition) is 5. The first-order chi connectivity index (χ1) is 8.11. The number of carbonyl (C=O) groups is 1. The van der Waals surface area contributed by atoms with Crippen LogP contribution in [0.5, 0.6) is 0 Å². The van der Waals surface area contributed by atoms with E-state index in [9.17, 15) is 4.79 Å². The normalized spacial score (nSPS) is 9.76. The summed E-state index contributed by atoms with van der Waals surface area (Å²) >= 11 is 0. The zero-order chi connectivity index (χ0) is 12.7. The Morgan fingerprint density at radius 3 is 3.00 bits per heavy atom. The molecule has 1 rings (SSSR count). The van der Waals surface area contributed by atoms with E-state index in [-0.39, 0.29) is 24.1 Å². The van der Waals surface area contributed by atoms with Gasteiger partial charge >= 0.3 is 0 Å². The molecule has 17 heavy (non-hydrogen) atoms. The average Bonchev–Trinajstić information content (AvgIpc) is 2.34. The summed E-state index contributed by atoms with van der Waals surface area (Å²) in [4.78, 5) is 19.2. The van der Waals surface area contributed by atoms with E-state index in [0.717, 1.165) is 0 Å². The fraction of sp³-hybridized carbons (Fsp3) is 0.455. The molecule has 1 heterocycles. The Morgan fingerprint density at radius 2 is 2.35 bits per heavy atom. The van der Waals surface area contributed by atoms with Crippen LogP contribution in [-0.4, -0.2) is 29.0 Å². The predicted octanol–water partition coefficient (Wildman–Crippen LogP) is 0.532. The zero-order valence-electron chi connectivity index (χ0n) is 9.90. The SMILES string of the molecule is CC(C)CNC(=O)CNc1nccc(C#N)n1. The van der Waals surface area contributed by atoms with Gasteiger partial charge in [-0.25, -0.2) is 9.97 Å². The van der Waals surface area contributed by atoms with Crippen molar-refractivity contribution in [3.63, 3.8) is 0 Å². The minimum Gasteiger partial charge on any atom is -0.354 e. The molecule has 1 aromatic heterocycles.